The minimum absolute atomic E-state index is 0.145. The minimum atomic E-state index is -0.518. The number of carbonyl (C=O) groups excluding carboxylic acids is 1. The normalized spacial score (nSPS) is 11.5. The molecule has 0 unspecified atom stereocenters. The molecule has 2 aromatic heterocycles. The Hall–Kier alpha value is -3.58. The van der Waals surface area contributed by atoms with Crippen molar-refractivity contribution in [2.24, 2.45) is 0 Å². The van der Waals surface area contributed by atoms with Gasteiger partial charge in [-0.3, -0.25) is 0 Å². The van der Waals surface area contributed by atoms with Crippen LogP contribution in [-0.2, 0) is 20.7 Å². The molecule has 0 amide bonds. The van der Waals surface area contributed by atoms with Gasteiger partial charge in [-0.05, 0) is 54.3 Å². The third kappa shape index (κ3) is 4.53. The Morgan fingerprint density at radius 2 is 1.91 bits per heavy atom. The first-order valence-corrected chi connectivity index (χ1v) is 11.0. The van der Waals surface area contributed by atoms with E-state index in [9.17, 15) is 4.79 Å². The van der Waals surface area contributed by atoms with E-state index in [1.807, 2.05) is 60.8 Å². The summed E-state index contributed by atoms with van der Waals surface area (Å²) < 4.78 is 22.9. The van der Waals surface area contributed by atoms with Crippen LogP contribution in [0.1, 0.15) is 17.0 Å². The van der Waals surface area contributed by atoms with Crippen LogP contribution in [0.2, 0.25) is 0 Å². The molecular weight excluding hydrogens is 426 g/mol. The van der Waals surface area contributed by atoms with Gasteiger partial charge in [-0.15, -0.1) is 11.3 Å². The van der Waals surface area contributed by atoms with Crippen LogP contribution in [0.5, 0.6) is 5.75 Å². The molecule has 6 nitrogen and oxygen atoms in total. The number of thiophene rings is 1. The Kier molecular flexibility index (Phi) is 6.56. The zero-order valence-corrected chi connectivity index (χ0v) is 18.9. The number of hydrogen-bond donors (Lipinski definition) is 0. The summed E-state index contributed by atoms with van der Waals surface area (Å²) >= 11 is 1.57. The lowest BCUT2D eigenvalue weighted by Gasteiger charge is -2.09. The summed E-state index contributed by atoms with van der Waals surface area (Å²) in [6.45, 7) is 2.38. The number of carbonyl (C=O) groups is 1. The first-order valence-electron chi connectivity index (χ1n) is 10.1. The van der Waals surface area contributed by atoms with Crippen LogP contribution in [0.3, 0.4) is 0 Å². The third-order valence-corrected chi connectivity index (χ3v) is 5.97. The van der Waals surface area contributed by atoms with E-state index in [1.54, 1.807) is 17.4 Å². The van der Waals surface area contributed by atoms with E-state index in [0.717, 1.165) is 38.4 Å². The fourth-order valence-corrected chi connectivity index (χ4v) is 4.26. The predicted molar refractivity (Wildman–Crippen MR) is 125 cm³/mol. The van der Waals surface area contributed by atoms with Crippen molar-refractivity contribution in [3.8, 4) is 17.2 Å². The summed E-state index contributed by atoms with van der Waals surface area (Å²) in [5.41, 5.74) is 2.70. The number of esters is 1. The number of nitrogens with zero attached hydrogens (tertiary/aromatic N) is 1. The van der Waals surface area contributed by atoms with E-state index in [1.165, 1.54) is 14.2 Å². The molecular formula is C25H23NO5S. The van der Waals surface area contributed by atoms with Crippen molar-refractivity contribution in [1.82, 2.24) is 4.98 Å². The first-order chi connectivity index (χ1) is 15.6. The number of rotatable bonds is 8. The van der Waals surface area contributed by atoms with Gasteiger partial charge in [0.1, 0.15) is 11.5 Å². The number of fused-ring (bicyclic) bond motifs is 1. The summed E-state index contributed by atoms with van der Waals surface area (Å²) in [5, 5.41) is 2.97. The van der Waals surface area contributed by atoms with Gasteiger partial charge in [-0.25, -0.2) is 9.78 Å². The largest absolute Gasteiger partial charge is 0.493 e. The molecule has 164 valence electrons. The summed E-state index contributed by atoms with van der Waals surface area (Å²) in [6, 6.07) is 15.7. The average Bonchev–Trinajstić information content (AvgIpc) is 3.46. The molecule has 0 saturated carbocycles. The Morgan fingerprint density at radius 3 is 2.66 bits per heavy atom. The molecule has 0 aliphatic carbocycles. The highest BCUT2D eigenvalue weighted by molar-refractivity contribution is 7.17. The molecule has 0 fully saturated rings. The van der Waals surface area contributed by atoms with E-state index in [0.29, 0.717) is 18.9 Å². The Labute approximate surface area is 190 Å². The SMILES string of the molecule is COC(=O)C(=Cc1ccc(OCCc2nc(-c3ccccc3)oc2C)c2ccsc12)OC. The maximum Gasteiger partial charge on any atom is 0.373 e. The topological polar surface area (TPSA) is 70.8 Å². The Bertz CT molecular complexity index is 1260. The number of aromatic nitrogens is 1. The lowest BCUT2D eigenvalue weighted by molar-refractivity contribution is -0.139. The number of aryl methyl sites for hydroxylation is 1. The summed E-state index contributed by atoms with van der Waals surface area (Å²) in [5.74, 6) is 1.82. The second-order valence-corrected chi connectivity index (χ2v) is 7.92. The molecule has 0 bridgehead atoms. The summed E-state index contributed by atoms with van der Waals surface area (Å²) in [4.78, 5) is 16.5. The van der Waals surface area contributed by atoms with Crippen molar-refractivity contribution < 1.29 is 23.4 Å². The van der Waals surface area contributed by atoms with E-state index in [-0.39, 0.29) is 5.76 Å². The van der Waals surface area contributed by atoms with Gasteiger partial charge in [0.15, 0.2) is 0 Å². The standard InChI is InChI=1S/C25H23NO5S/c1-16-20(26-24(31-16)17-7-5-4-6-8-17)11-13-30-21-10-9-18(23-19(21)12-14-32-23)15-22(28-2)25(27)29-3/h4-10,12,14-15H,11,13H2,1-3H3. The zero-order chi connectivity index (χ0) is 22.5. The fraction of sp³-hybridized carbons (Fsp3) is 0.200. The smallest absolute Gasteiger partial charge is 0.373 e. The van der Waals surface area contributed by atoms with Crippen molar-refractivity contribution in [2.45, 2.75) is 13.3 Å². The predicted octanol–water partition coefficient (Wildman–Crippen LogP) is 5.65. The van der Waals surface area contributed by atoms with Crippen LogP contribution in [0.4, 0.5) is 0 Å². The molecule has 0 aliphatic heterocycles. The van der Waals surface area contributed by atoms with Gasteiger partial charge in [0, 0.05) is 22.1 Å². The number of benzene rings is 2. The molecule has 32 heavy (non-hydrogen) atoms. The van der Waals surface area contributed by atoms with Crippen molar-refractivity contribution >= 4 is 33.5 Å². The van der Waals surface area contributed by atoms with Gasteiger partial charge in [-0.1, -0.05) is 18.2 Å². The number of methoxy groups -OCH3 is 2. The molecule has 0 aliphatic rings. The molecule has 0 N–H and O–H groups in total. The quantitative estimate of drug-likeness (QED) is 0.197. The molecule has 7 heteroatoms. The van der Waals surface area contributed by atoms with E-state index in [4.69, 9.17) is 18.6 Å². The van der Waals surface area contributed by atoms with E-state index in [2.05, 4.69) is 4.98 Å². The van der Waals surface area contributed by atoms with Gasteiger partial charge in [-0.2, -0.15) is 0 Å². The summed E-state index contributed by atoms with van der Waals surface area (Å²) in [6.07, 6.45) is 2.31. The van der Waals surface area contributed by atoms with Crippen molar-refractivity contribution in [3.63, 3.8) is 0 Å². The molecule has 2 aromatic carbocycles. The highest BCUT2D eigenvalue weighted by atomic mass is 32.1. The lowest BCUT2D eigenvalue weighted by atomic mass is 10.1. The van der Waals surface area contributed by atoms with Crippen LogP contribution in [0.25, 0.3) is 27.6 Å². The second kappa shape index (κ2) is 9.70. The maximum absolute atomic E-state index is 11.8. The van der Waals surface area contributed by atoms with Crippen LogP contribution in [-0.4, -0.2) is 31.8 Å². The zero-order valence-electron chi connectivity index (χ0n) is 18.1. The van der Waals surface area contributed by atoms with Crippen LogP contribution < -0.4 is 4.74 Å². The van der Waals surface area contributed by atoms with E-state index >= 15 is 0 Å². The van der Waals surface area contributed by atoms with Crippen LogP contribution in [0.15, 0.2) is 64.1 Å². The van der Waals surface area contributed by atoms with Gasteiger partial charge in [0.2, 0.25) is 11.6 Å². The average molecular weight is 450 g/mol. The molecule has 0 radical (unpaired) electrons. The molecule has 4 rings (SSSR count). The fourth-order valence-electron chi connectivity index (χ4n) is 3.36. The molecule has 0 spiro atoms. The Balaban J connectivity index is 1.49. The van der Waals surface area contributed by atoms with E-state index < -0.39 is 5.97 Å². The highest BCUT2D eigenvalue weighted by Gasteiger charge is 2.14. The number of hydrogen-bond acceptors (Lipinski definition) is 7. The molecule has 2 heterocycles. The molecule has 0 atom stereocenters. The van der Waals surface area contributed by atoms with Gasteiger partial charge < -0.3 is 18.6 Å². The third-order valence-electron chi connectivity index (χ3n) is 5.01. The van der Waals surface area contributed by atoms with Crippen molar-refractivity contribution in [3.05, 3.63) is 76.7 Å². The number of oxazole rings is 1. The minimum Gasteiger partial charge on any atom is -0.493 e. The Morgan fingerprint density at radius 1 is 1.09 bits per heavy atom. The molecule has 0 saturated heterocycles. The van der Waals surface area contributed by atoms with Gasteiger partial charge >= 0.3 is 5.97 Å². The second-order valence-electron chi connectivity index (χ2n) is 7.01. The van der Waals surface area contributed by atoms with Crippen LogP contribution >= 0.6 is 11.3 Å². The highest BCUT2D eigenvalue weighted by Crippen LogP contribution is 2.34. The molecule has 4 aromatic rings. The maximum atomic E-state index is 11.8. The summed E-state index contributed by atoms with van der Waals surface area (Å²) in [7, 11) is 2.77. The number of ether oxygens (including phenoxy) is 3. The monoisotopic (exact) mass is 449 g/mol. The van der Waals surface area contributed by atoms with Gasteiger partial charge in [0.25, 0.3) is 0 Å². The lowest BCUT2D eigenvalue weighted by Crippen LogP contribution is -2.06. The van der Waals surface area contributed by atoms with Gasteiger partial charge in [0.05, 0.1) is 26.5 Å². The van der Waals surface area contributed by atoms with Crippen LogP contribution in [0, 0.1) is 6.92 Å². The first kappa shape index (κ1) is 21.6. The van der Waals surface area contributed by atoms with Crippen molar-refractivity contribution in [2.75, 3.05) is 20.8 Å². The van der Waals surface area contributed by atoms with Crippen molar-refractivity contribution in [1.29, 1.82) is 0 Å².